The molecule has 0 bridgehead atoms. The largest absolute Gasteiger partial charge is 0.372 e. The molecule has 0 aliphatic heterocycles. The Morgan fingerprint density at radius 3 is 2.94 bits per heavy atom. The number of hydrogen-bond acceptors (Lipinski definition) is 6. The van der Waals surface area contributed by atoms with Crippen molar-refractivity contribution in [2.45, 2.75) is 6.54 Å². The highest BCUT2D eigenvalue weighted by atomic mass is 16.6. The van der Waals surface area contributed by atoms with Crippen LogP contribution in [0.15, 0.2) is 24.3 Å². The predicted octanol–water partition coefficient (Wildman–Crippen LogP) is 0.720. The lowest BCUT2D eigenvalue weighted by atomic mass is 10.2. The van der Waals surface area contributed by atoms with Gasteiger partial charge in [0.1, 0.15) is 5.69 Å². The van der Waals surface area contributed by atoms with Crippen molar-refractivity contribution in [3.05, 3.63) is 40.2 Å². The number of anilines is 1. The minimum absolute atomic E-state index is 0.0194. The average Bonchev–Trinajstić information content (AvgIpc) is 2.79. The number of nitro benzene ring substituents is 1. The molecular formula is C8H8N6O2. The number of para-hydroxylation sites is 2. The van der Waals surface area contributed by atoms with Gasteiger partial charge in [-0.2, -0.15) is 5.21 Å². The highest BCUT2D eigenvalue weighted by molar-refractivity contribution is 5.60. The van der Waals surface area contributed by atoms with E-state index in [1.54, 1.807) is 18.2 Å². The molecule has 0 amide bonds. The predicted molar refractivity (Wildman–Crippen MR) is 54.6 cm³/mol. The first-order valence-corrected chi connectivity index (χ1v) is 4.47. The molecule has 0 saturated heterocycles. The summed E-state index contributed by atoms with van der Waals surface area (Å²) in [6.45, 7) is 0.279. The van der Waals surface area contributed by atoms with Crippen molar-refractivity contribution < 1.29 is 4.92 Å². The quantitative estimate of drug-likeness (QED) is 0.580. The van der Waals surface area contributed by atoms with Crippen LogP contribution in [0.3, 0.4) is 0 Å². The standard InChI is InChI=1S/C8H8N6O2/c15-14(16)7-4-2-1-3-6(7)9-5-8-10-12-13-11-8/h1-4,9H,5H2,(H,10,11,12,13). The van der Waals surface area contributed by atoms with E-state index in [0.29, 0.717) is 11.5 Å². The summed E-state index contributed by atoms with van der Waals surface area (Å²) in [5.74, 6) is 0.443. The SMILES string of the molecule is O=[N+]([O-])c1ccccc1NCc1nn[nH]n1. The van der Waals surface area contributed by atoms with E-state index in [0.717, 1.165) is 0 Å². The highest BCUT2D eigenvalue weighted by Crippen LogP contribution is 2.23. The maximum atomic E-state index is 10.7. The first-order valence-electron chi connectivity index (χ1n) is 4.47. The van der Waals surface area contributed by atoms with Gasteiger partial charge in [0.15, 0.2) is 5.82 Å². The molecule has 0 saturated carbocycles. The number of nitrogens with one attached hydrogen (secondary N) is 2. The van der Waals surface area contributed by atoms with Crippen molar-refractivity contribution in [2.75, 3.05) is 5.32 Å². The van der Waals surface area contributed by atoms with Crippen molar-refractivity contribution >= 4 is 11.4 Å². The number of hydrogen-bond donors (Lipinski definition) is 2. The summed E-state index contributed by atoms with van der Waals surface area (Å²) in [5, 5.41) is 26.7. The van der Waals surface area contributed by atoms with Crippen molar-refractivity contribution in [3.8, 4) is 0 Å². The molecule has 2 aromatic rings. The van der Waals surface area contributed by atoms with Crippen LogP contribution in [0.1, 0.15) is 5.82 Å². The molecule has 1 heterocycles. The maximum absolute atomic E-state index is 10.7. The molecule has 1 aromatic carbocycles. The summed E-state index contributed by atoms with van der Waals surface area (Å²) in [7, 11) is 0. The van der Waals surface area contributed by atoms with Gasteiger partial charge in [-0.25, -0.2) is 0 Å². The Morgan fingerprint density at radius 1 is 1.44 bits per heavy atom. The molecule has 8 nitrogen and oxygen atoms in total. The van der Waals surface area contributed by atoms with E-state index in [2.05, 4.69) is 25.9 Å². The fourth-order valence-corrected chi connectivity index (χ4v) is 1.21. The van der Waals surface area contributed by atoms with Crippen LogP contribution >= 0.6 is 0 Å². The van der Waals surface area contributed by atoms with Crippen molar-refractivity contribution in [1.82, 2.24) is 20.6 Å². The van der Waals surface area contributed by atoms with Crippen molar-refractivity contribution in [1.29, 1.82) is 0 Å². The van der Waals surface area contributed by atoms with Crippen LogP contribution in [0.5, 0.6) is 0 Å². The van der Waals surface area contributed by atoms with E-state index in [9.17, 15) is 10.1 Å². The molecule has 2 N–H and O–H groups in total. The van der Waals surface area contributed by atoms with Gasteiger partial charge in [-0.3, -0.25) is 10.1 Å². The lowest BCUT2D eigenvalue weighted by molar-refractivity contribution is -0.384. The van der Waals surface area contributed by atoms with Crippen LogP contribution in [-0.4, -0.2) is 25.5 Å². The first kappa shape index (κ1) is 10.0. The second kappa shape index (κ2) is 4.34. The van der Waals surface area contributed by atoms with Gasteiger partial charge in [-0.15, -0.1) is 10.2 Å². The topological polar surface area (TPSA) is 110 Å². The number of aromatic nitrogens is 4. The number of nitro groups is 1. The van der Waals surface area contributed by atoms with E-state index in [-0.39, 0.29) is 12.2 Å². The summed E-state index contributed by atoms with van der Waals surface area (Å²) in [5.41, 5.74) is 0.447. The van der Waals surface area contributed by atoms with Gasteiger partial charge in [-0.1, -0.05) is 17.3 Å². The number of rotatable bonds is 4. The number of benzene rings is 1. The Labute approximate surface area is 89.8 Å². The van der Waals surface area contributed by atoms with Gasteiger partial charge < -0.3 is 5.32 Å². The molecule has 0 aliphatic carbocycles. The fraction of sp³-hybridized carbons (Fsp3) is 0.125. The smallest absolute Gasteiger partial charge is 0.292 e. The van der Waals surface area contributed by atoms with Gasteiger partial charge in [0, 0.05) is 6.07 Å². The van der Waals surface area contributed by atoms with E-state index in [4.69, 9.17) is 0 Å². The Bertz CT molecular complexity index is 483. The molecule has 8 heteroatoms. The Balaban J connectivity index is 2.12. The monoisotopic (exact) mass is 220 g/mol. The highest BCUT2D eigenvalue weighted by Gasteiger charge is 2.12. The second-order valence-electron chi connectivity index (χ2n) is 2.96. The Morgan fingerprint density at radius 2 is 2.25 bits per heavy atom. The van der Waals surface area contributed by atoms with E-state index in [1.807, 2.05) is 0 Å². The van der Waals surface area contributed by atoms with Gasteiger partial charge in [0.2, 0.25) is 0 Å². The van der Waals surface area contributed by atoms with Crippen LogP contribution in [0.4, 0.5) is 11.4 Å². The lowest BCUT2D eigenvalue weighted by Gasteiger charge is -2.03. The van der Waals surface area contributed by atoms with Crippen LogP contribution < -0.4 is 5.32 Å². The average molecular weight is 220 g/mol. The zero-order valence-corrected chi connectivity index (χ0v) is 8.12. The summed E-state index contributed by atoms with van der Waals surface area (Å²) < 4.78 is 0. The third kappa shape index (κ3) is 2.11. The Hall–Kier alpha value is -2.51. The maximum Gasteiger partial charge on any atom is 0.292 e. The molecule has 0 fully saturated rings. The molecule has 0 atom stereocenters. The van der Waals surface area contributed by atoms with E-state index >= 15 is 0 Å². The van der Waals surface area contributed by atoms with Crippen LogP contribution in [0, 0.1) is 10.1 Å². The molecule has 0 aliphatic rings. The molecule has 82 valence electrons. The fourth-order valence-electron chi connectivity index (χ4n) is 1.21. The normalized spacial score (nSPS) is 10.0. The van der Waals surface area contributed by atoms with Gasteiger partial charge in [-0.05, 0) is 6.07 Å². The van der Waals surface area contributed by atoms with Crippen LogP contribution in [0.2, 0.25) is 0 Å². The molecule has 0 spiro atoms. The third-order valence-electron chi connectivity index (χ3n) is 1.93. The van der Waals surface area contributed by atoms with Crippen LogP contribution in [-0.2, 0) is 6.54 Å². The van der Waals surface area contributed by atoms with Crippen molar-refractivity contribution in [2.24, 2.45) is 0 Å². The summed E-state index contributed by atoms with van der Waals surface area (Å²) >= 11 is 0. The number of nitrogens with zero attached hydrogens (tertiary/aromatic N) is 4. The number of aromatic amines is 1. The molecule has 0 radical (unpaired) electrons. The molecule has 0 unspecified atom stereocenters. The van der Waals surface area contributed by atoms with Crippen molar-refractivity contribution in [3.63, 3.8) is 0 Å². The molecule has 16 heavy (non-hydrogen) atoms. The third-order valence-corrected chi connectivity index (χ3v) is 1.93. The first-order chi connectivity index (χ1) is 7.77. The second-order valence-corrected chi connectivity index (χ2v) is 2.96. The zero-order chi connectivity index (χ0) is 11.4. The van der Waals surface area contributed by atoms with Gasteiger partial charge in [0.25, 0.3) is 5.69 Å². The molecular weight excluding hydrogens is 212 g/mol. The van der Waals surface area contributed by atoms with Crippen LogP contribution in [0.25, 0.3) is 0 Å². The summed E-state index contributed by atoms with van der Waals surface area (Å²) in [6, 6.07) is 6.37. The minimum atomic E-state index is -0.446. The number of tetrazole rings is 1. The molecule has 1 aromatic heterocycles. The van der Waals surface area contributed by atoms with Gasteiger partial charge in [0.05, 0.1) is 11.5 Å². The number of H-pyrrole nitrogens is 1. The van der Waals surface area contributed by atoms with Gasteiger partial charge >= 0.3 is 0 Å². The minimum Gasteiger partial charge on any atom is -0.372 e. The molecule has 2 rings (SSSR count). The Kier molecular flexibility index (Phi) is 2.72. The summed E-state index contributed by atoms with van der Waals surface area (Å²) in [6.07, 6.45) is 0. The zero-order valence-electron chi connectivity index (χ0n) is 8.12. The van der Waals surface area contributed by atoms with E-state index < -0.39 is 4.92 Å². The van der Waals surface area contributed by atoms with E-state index in [1.165, 1.54) is 6.07 Å². The summed E-state index contributed by atoms with van der Waals surface area (Å²) in [4.78, 5) is 10.3. The lowest BCUT2D eigenvalue weighted by Crippen LogP contribution is -2.03.